The smallest absolute Gasteiger partial charge is 0.326 e. The van der Waals surface area contributed by atoms with Gasteiger partial charge in [0.1, 0.15) is 6.04 Å². The molecule has 4 nitrogen and oxygen atoms in total. The van der Waals surface area contributed by atoms with E-state index in [1.807, 2.05) is 6.92 Å². The first-order valence-electron chi connectivity index (χ1n) is 6.16. The first-order valence-corrected chi connectivity index (χ1v) is 6.54. The van der Waals surface area contributed by atoms with Gasteiger partial charge in [-0.2, -0.15) is 0 Å². The SMILES string of the molecule is CCC(C)[C@H](NC(=O)c1ccc(Cl)c(C)c1)C(=O)O. The average molecular weight is 284 g/mol. The van der Waals surface area contributed by atoms with Crippen LogP contribution in [-0.4, -0.2) is 23.0 Å². The number of benzene rings is 1. The summed E-state index contributed by atoms with van der Waals surface area (Å²) in [5.41, 5.74) is 1.20. The van der Waals surface area contributed by atoms with Gasteiger partial charge in [-0.1, -0.05) is 31.9 Å². The fraction of sp³-hybridized carbons (Fsp3) is 0.429. The maximum Gasteiger partial charge on any atom is 0.326 e. The number of carbonyl (C=O) groups is 2. The number of aryl methyl sites for hydroxylation is 1. The first-order chi connectivity index (χ1) is 8.86. The molecule has 0 bridgehead atoms. The Kier molecular flexibility index (Phi) is 5.36. The molecule has 0 heterocycles. The second kappa shape index (κ2) is 6.57. The predicted molar refractivity (Wildman–Crippen MR) is 74.5 cm³/mol. The second-order valence-electron chi connectivity index (χ2n) is 4.64. The van der Waals surface area contributed by atoms with E-state index in [1.165, 1.54) is 0 Å². The van der Waals surface area contributed by atoms with E-state index in [0.717, 1.165) is 5.56 Å². The Morgan fingerprint density at radius 3 is 2.53 bits per heavy atom. The van der Waals surface area contributed by atoms with Gasteiger partial charge in [0, 0.05) is 10.6 Å². The summed E-state index contributed by atoms with van der Waals surface area (Å²) in [6.45, 7) is 5.48. The lowest BCUT2D eigenvalue weighted by atomic mass is 9.99. The van der Waals surface area contributed by atoms with Crippen molar-refractivity contribution in [2.45, 2.75) is 33.2 Å². The lowest BCUT2D eigenvalue weighted by Crippen LogP contribution is -2.45. The van der Waals surface area contributed by atoms with Crippen molar-refractivity contribution >= 4 is 23.5 Å². The largest absolute Gasteiger partial charge is 0.480 e. The summed E-state index contributed by atoms with van der Waals surface area (Å²) >= 11 is 5.89. The molecule has 5 heteroatoms. The zero-order chi connectivity index (χ0) is 14.6. The Morgan fingerprint density at radius 2 is 2.05 bits per heavy atom. The number of halogens is 1. The highest BCUT2D eigenvalue weighted by Crippen LogP contribution is 2.17. The van der Waals surface area contributed by atoms with Gasteiger partial charge in [0.15, 0.2) is 0 Å². The summed E-state index contributed by atoms with van der Waals surface area (Å²) in [5, 5.41) is 12.3. The molecule has 19 heavy (non-hydrogen) atoms. The standard InChI is InChI=1S/C14H18ClNO3/c1-4-8(2)12(14(18)19)16-13(17)10-5-6-11(15)9(3)7-10/h5-8,12H,4H2,1-3H3,(H,16,17)(H,18,19)/t8?,12-/m0/s1. The number of amides is 1. The minimum atomic E-state index is -1.02. The molecule has 0 aliphatic carbocycles. The molecule has 0 aromatic heterocycles. The van der Waals surface area contributed by atoms with Crippen molar-refractivity contribution in [2.24, 2.45) is 5.92 Å². The highest BCUT2D eigenvalue weighted by molar-refractivity contribution is 6.31. The second-order valence-corrected chi connectivity index (χ2v) is 5.05. The molecule has 0 spiro atoms. The number of aliphatic carboxylic acids is 1. The average Bonchev–Trinajstić information content (AvgIpc) is 2.37. The molecule has 1 aromatic rings. The van der Waals surface area contributed by atoms with Crippen molar-refractivity contribution in [2.75, 3.05) is 0 Å². The quantitative estimate of drug-likeness (QED) is 0.873. The lowest BCUT2D eigenvalue weighted by molar-refractivity contribution is -0.140. The van der Waals surface area contributed by atoms with Crippen LogP contribution in [0, 0.1) is 12.8 Å². The van der Waals surface area contributed by atoms with Crippen LogP contribution >= 0.6 is 11.6 Å². The minimum Gasteiger partial charge on any atom is -0.480 e. The molecule has 0 fully saturated rings. The number of nitrogens with one attached hydrogen (secondary N) is 1. The summed E-state index contributed by atoms with van der Waals surface area (Å²) < 4.78 is 0. The fourth-order valence-corrected chi connectivity index (χ4v) is 1.81. The van der Waals surface area contributed by atoms with Crippen molar-refractivity contribution in [3.05, 3.63) is 34.3 Å². The maximum atomic E-state index is 12.0. The van der Waals surface area contributed by atoms with Crippen molar-refractivity contribution in [3.63, 3.8) is 0 Å². The summed E-state index contributed by atoms with van der Waals surface area (Å²) in [6, 6.07) is 3.98. The fourth-order valence-electron chi connectivity index (χ4n) is 1.69. The van der Waals surface area contributed by atoms with Gasteiger partial charge < -0.3 is 10.4 Å². The van der Waals surface area contributed by atoms with Gasteiger partial charge in [0.05, 0.1) is 0 Å². The minimum absolute atomic E-state index is 0.130. The molecular formula is C14H18ClNO3. The highest BCUT2D eigenvalue weighted by Gasteiger charge is 2.25. The van der Waals surface area contributed by atoms with Crippen LogP contribution in [0.25, 0.3) is 0 Å². The molecule has 0 aliphatic rings. The molecule has 1 rings (SSSR count). The van der Waals surface area contributed by atoms with Gasteiger partial charge in [-0.25, -0.2) is 4.79 Å². The van der Waals surface area contributed by atoms with Crippen LogP contribution in [-0.2, 0) is 4.79 Å². The van der Waals surface area contributed by atoms with Crippen molar-refractivity contribution in [1.82, 2.24) is 5.32 Å². The third-order valence-corrected chi connectivity index (χ3v) is 3.61. The van der Waals surface area contributed by atoms with E-state index >= 15 is 0 Å². The third kappa shape index (κ3) is 3.96. The Balaban J connectivity index is 2.87. The van der Waals surface area contributed by atoms with E-state index in [9.17, 15) is 9.59 Å². The molecule has 1 amide bonds. The van der Waals surface area contributed by atoms with E-state index in [1.54, 1.807) is 32.0 Å². The zero-order valence-corrected chi connectivity index (χ0v) is 12.0. The monoisotopic (exact) mass is 283 g/mol. The van der Waals surface area contributed by atoms with Crippen LogP contribution < -0.4 is 5.32 Å². The molecule has 2 atom stereocenters. The van der Waals surface area contributed by atoms with Crippen LogP contribution in [0.5, 0.6) is 0 Å². The van der Waals surface area contributed by atoms with Gasteiger partial charge >= 0.3 is 5.97 Å². The van der Waals surface area contributed by atoms with Gasteiger partial charge in [0.25, 0.3) is 5.91 Å². The number of carboxylic acid groups (broad SMARTS) is 1. The Morgan fingerprint density at radius 1 is 1.42 bits per heavy atom. The first kappa shape index (κ1) is 15.5. The van der Waals surface area contributed by atoms with Gasteiger partial charge in [-0.15, -0.1) is 0 Å². The molecule has 1 unspecified atom stereocenters. The normalized spacial score (nSPS) is 13.7. The molecule has 104 valence electrons. The van der Waals surface area contributed by atoms with Gasteiger partial charge in [-0.05, 0) is 36.6 Å². The Labute approximate surface area is 117 Å². The molecule has 0 radical (unpaired) electrons. The van der Waals surface area contributed by atoms with Crippen LogP contribution in [0.2, 0.25) is 5.02 Å². The number of hydrogen-bond donors (Lipinski definition) is 2. The Hall–Kier alpha value is -1.55. The van der Waals surface area contributed by atoms with E-state index in [0.29, 0.717) is 17.0 Å². The van der Waals surface area contributed by atoms with E-state index in [2.05, 4.69) is 5.32 Å². The molecule has 1 aromatic carbocycles. The third-order valence-electron chi connectivity index (χ3n) is 3.19. The maximum absolute atomic E-state index is 12.0. The number of carboxylic acids is 1. The van der Waals surface area contributed by atoms with Gasteiger partial charge in [0.2, 0.25) is 0 Å². The van der Waals surface area contributed by atoms with Crippen LogP contribution in [0.3, 0.4) is 0 Å². The van der Waals surface area contributed by atoms with E-state index in [-0.39, 0.29) is 5.92 Å². The van der Waals surface area contributed by atoms with E-state index < -0.39 is 17.9 Å². The van der Waals surface area contributed by atoms with Crippen LogP contribution in [0.15, 0.2) is 18.2 Å². The van der Waals surface area contributed by atoms with Crippen molar-refractivity contribution in [3.8, 4) is 0 Å². The topological polar surface area (TPSA) is 66.4 Å². The summed E-state index contributed by atoms with van der Waals surface area (Å²) in [6.07, 6.45) is 0.677. The lowest BCUT2D eigenvalue weighted by Gasteiger charge is -2.20. The summed E-state index contributed by atoms with van der Waals surface area (Å²) in [4.78, 5) is 23.2. The molecule has 0 saturated carbocycles. The Bertz CT molecular complexity index is 488. The highest BCUT2D eigenvalue weighted by atomic mass is 35.5. The molecule has 0 saturated heterocycles. The van der Waals surface area contributed by atoms with Crippen molar-refractivity contribution < 1.29 is 14.7 Å². The predicted octanol–water partition coefficient (Wildman–Crippen LogP) is 2.88. The number of carbonyl (C=O) groups excluding carboxylic acids is 1. The van der Waals surface area contributed by atoms with Gasteiger partial charge in [-0.3, -0.25) is 4.79 Å². The number of rotatable bonds is 5. The summed E-state index contributed by atoms with van der Waals surface area (Å²) in [5.74, 6) is -1.55. The molecule has 2 N–H and O–H groups in total. The van der Waals surface area contributed by atoms with E-state index in [4.69, 9.17) is 16.7 Å². The summed E-state index contributed by atoms with van der Waals surface area (Å²) in [7, 11) is 0. The molecule has 0 aliphatic heterocycles. The zero-order valence-electron chi connectivity index (χ0n) is 11.2. The number of hydrogen-bond acceptors (Lipinski definition) is 2. The molecular weight excluding hydrogens is 266 g/mol. The van der Waals surface area contributed by atoms with Crippen LogP contribution in [0.1, 0.15) is 36.2 Å². The van der Waals surface area contributed by atoms with Crippen molar-refractivity contribution in [1.29, 1.82) is 0 Å². The van der Waals surface area contributed by atoms with Crippen LogP contribution in [0.4, 0.5) is 0 Å².